The van der Waals surface area contributed by atoms with Crippen molar-refractivity contribution >= 4 is 5.69 Å². The van der Waals surface area contributed by atoms with Gasteiger partial charge in [0.15, 0.2) is 11.5 Å². The zero-order valence-electron chi connectivity index (χ0n) is 11.6. The third-order valence-corrected chi connectivity index (χ3v) is 3.25. The van der Waals surface area contributed by atoms with Crippen LogP contribution in [0.5, 0.6) is 17.2 Å². The van der Waals surface area contributed by atoms with Crippen molar-refractivity contribution in [1.29, 1.82) is 0 Å². The highest BCUT2D eigenvalue weighted by Gasteiger charge is 2.10. The van der Waals surface area contributed by atoms with Gasteiger partial charge in [-0.1, -0.05) is 26.0 Å². The highest BCUT2D eigenvalue weighted by molar-refractivity contribution is 5.55. The van der Waals surface area contributed by atoms with E-state index in [9.17, 15) is 15.3 Å². The standard InChI is InChI=1S/C16H19NO3/c1-10(2)11-4-3-5-13(8-11)17-9-12-6-7-14(18)16(20)15(12)19/h3-8,10,17-20H,9H2,1-2H3. The molecule has 0 unspecified atom stereocenters. The van der Waals surface area contributed by atoms with Crippen molar-refractivity contribution in [3.05, 3.63) is 47.5 Å². The van der Waals surface area contributed by atoms with Crippen LogP contribution in [0.2, 0.25) is 0 Å². The van der Waals surface area contributed by atoms with Gasteiger partial charge in [-0.05, 0) is 35.7 Å². The number of nitrogens with one attached hydrogen (secondary N) is 1. The van der Waals surface area contributed by atoms with Crippen molar-refractivity contribution in [3.8, 4) is 17.2 Å². The highest BCUT2D eigenvalue weighted by Crippen LogP contribution is 2.37. The number of rotatable bonds is 4. The number of hydrogen-bond acceptors (Lipinski definition) is 4. The van der Waals surface area contributed by atoms with E-state index in [2.05, 4.69) is 31.3 Å². The van der Waals surface area contributed by atoms with Gasteiger partial charge in [0.2, 0.25) is 5.75 Å². The molecule has 0 spiro atoms. The molecule has 0 bridgehead atoms. The van der Waals surface area contributed by atoms with Crippen LogP contribution in [-0.2, 0) is 6.54 Å². The molecule has 2 aromatic carbocycles. The van der Waals surface area contributed by atoms with E-state index >= 15 is 0 Å². The van der Waals surface area contributed by atoms with Crippen LogP contribution in [0.25, 0.3) is 0 Å². The van der Waals surface area contributed by atoms with E-state index in [1.807, 2.05) is 12.1 Å². The number of benzene rings is 2. The number of hydrogen-bond donors (Lipinski definition) is 4. The van der Waals surface area contributed by atoms with Crippen LogP contribution >= 0.6 is 0 Å². The molecule has 0 atom stereocenters. The average Bonchev–Trinajstić information content (AvgIpc) is 2.44. The maximum Gasteiger partial charge on any atom is 0.200 e. The molecular weight excluding hydrogens is 254 g/mol. The van der Waals surface area contributed by atoms with E-state index in [0.29, 0.717) is 18.0 Å². The Morgan fingerprint density at radius 1 is 1.00 bits per heavy atom. The Kier molecular flexibility index (Phi) is 4.03. The number of aromatic hydroxyl groups is 3. The zero-order valence-corrected chi connectivity index (χ0v) is 11.6. The van der Waals surface area contributed by atoms with Gasteiger partial charge in [-0.15, -0.1) is 0 Å². The van der Waals surface area contributed by atoms with Crippen LogP contribution in [0.1, 0.15) is 30.9 Å². The van der Waals surface area contributed by atoms with Crippen molar-refractivity contribution in [3.63, 3.8) is 0 Å². The van der Waals surface area contributed by atoms with Gasteiger partial charge in [0.25, 0.3) is 0 Å². The molecule has 0 aliphatic carbocycles. The third-order valence-electron chi connectivity index (χ3n) is 3.25. The molecule has 4 N–H and O–H groups in total. The Bertz CT molecular complexity index is 609. The van der Waals surface area contributed by atoms with E-state index in [4.69, 9.17) is 0 Å². The molecule has 0 heterocycles. The molecule has 4 heteroatoms. The summed E-state index contributed by atoms with van der Waals surface area (Å²) in [6.45, 7) is 4.62. The average molecular weight is 273 g/mol. The summed E-state index contributed by atoms with van der Waals surface area (Å²) in [6, 6.07) is 11.0. The molecule has 2 rings (SSSR count). The van der Waals surface area contributed by atoms with E-state index in [-0.39, 0.29) is 11.5 Å². The first-order valence-electron chi connectivity index (χ1n) is 6.55. The molecule has 0 radical (unpaired) electrons. The maximum absolute atomic E-state index is 9.75. The van der Waals surface area contributed by atoms with Crippen molar-refractivity contribution in [2.45, 2.75) is 26.3 Å². The first-order valence-corrected chi connectivity index (χ1v) is 6.55. The number of phenols is 3. The topological polar surface area (TPSA) is 72.7 Å². The fraction of sp³-hybridized carbons (Fsp3) is 0.250. The van der Waals surface area contributed by atoms with Crippen molar-refractivity contribution in [1.82, 2.24) is 0 Å². The minimum Gasteiger partial charge on any atom is -0.504 e. The fourth-order valence-electron chi connectivity index (χ4n) is 1.96. The quantitative estimate of drug-likeness (QED) is 0.643. The van der Waals surface area contributed by atoms with Gasteiger partial charge in [0, 0.05) is 17.8 Å². The predicted molar refractivity (Wildman–Crippen MR) is 79.3 cm³/mol. The molecule has 2 aromatic rings. The van der Waals surface area contributed by atoms with Crippen molar-refractivity contribution in [2.75, 3.05) is 5.32 Å². The Balaban J connectivity index is 2.13. The lowest BCUT2D eigenvalue weighted by Gasteiger charge is -2.12. The number of anilines is 1. The van der Waals surface area contributed by atoms with Gasteiger partial charge < -0.3 is 20.6 Å². The molecule has 0 aliphatic rings. The normalized spacial score (nSPS) is 10.8. The van der Waals surface area contributed by atoms with Gasteiger partial charge >= 0.3 is 0 Å². The predicted octanol–water partition coefficient (Wildman–Crippen LogP) is 3.54. The minimum absolute atomic E-state index is 0.294. The molecule has 0 aliphatic heterocycles. The van der Waals surface area contributed by atoms with Gasteiger partial charge in [-0.3, -0.25) is 0 Å². The van der Waals surface area contributed by atoms with Gasteiger partial charge in [-0.2, -0.15) is 0 Å². The molecule has 0 saturated carbocycles. The van der Waals surface area contributed by atoms with Gasteiger partial charge in [-0.25, -0.2) is 0 Å². The van der Waals surface area contributed by atoms with E-state index < -0.39 is 5.75 Å². The van der Waals surface area contributed by atoms with Crippen LogP contribution in [0.3, 0.4) is 0 Å². The Morgan fingerprint density at radius 3 is 2.45 bits per heavy atom. The van der Waals surface area contributed by atoms with Crippen molar-refractivity contribution < 1.29 is 15.3 Å². The van der Waals surface area contributed by atoms with Crippen molar-refractivity contribution in [2.24, 2.45) is 0 Å². The zero-order chi connectivity index (χ0) is 14.7. The second-order valence-corrected chi connectivity index (χ2v) is 5.07. The lowest BCUT2D eigenvalue weighted by Crippen LogP contribution is -2.00. The number of phenolic OH excluding ortho intramolecular Hbond substituents is 3. The Hall–Kier alpha value is -2.36. The molecule has 0 aromatic heterocycles. The summed E-state index contributed by atoms with van der Waals surface area (Å²) >= 11 is 0. The third kappa shape index (κ3) is 2.96. The Labute approximate surface area is 118 Å². The highest BCUT2D eigenvalue weighted by atomic mass is 16.3. The monoisotopic (exact) mass is 273 g/mol. The van der Waals surface area contributed by atoms with Gasteiger partial charge in [0.1, 0.15) is 0 Å². The summed E-state index contributed by atoms with van der Waals surface area (Å²) < 4.78 is 0. The van der Waals surface area contributed by atoms with Crippen LogP contribution in [0, 0.1) is 0 Å². The second-order valence-electron chi connectivity index (χ2n) is 5.07. The molecule has 0 amide bonds. The molecule has 106 valence electrons. The molecule has 0 fully saturated rings. The summed E-state index contributed by atoms with van der Waals surface area (Å²) in [4.78, 5) is 0. The largest absolute Gasteiger partial charge is 0.504 e. The smallest absolute Gasteiger partial charge is 0.200 e. The maximum atomic E-state index is 9.75. The first kappa shape index (κ1) is 14.1. The summed E-state index contributed by atoms with van der Waals surface area (Å²) in [5, 5.41) is 31.7. The molecule has 4 nitrogen and oxygen atoms in total. The SMILES string of the molecule is CC(C)c1cccc(NCc2ccc(O)c(O)c2O)c1. The molecule has 0 saturated heterocycles. The summed E-state index contributed by atoms with van der Waals surface area (Å²) in [5.41, 5.74) is 2.70. The van der Waals surface area contributed by atoms with Crippen LogP contribution < -0.4 is 5.32 Å². The molecular formula is C16H19NO3. The van der Waals surface area contributed by atoms with E-state index in [1.165, 1.54) is 11.6 Å². The Morgan fingerprint density at radius 2 is 1.75 bits per heavy atom. The van der Waals surface area contributed by atoms with Crippen LogP contribution in [0.15, 0.2) is 36.4 Å². The van der Waals surface area contributed by atoms with Crippen LogP contribution in [0.4, 0.5) is 5.69 Å². The van der Waals surface area contributed by atoms with E-state index in [0.717, 1.165) is 5.69 Å². The second kappa shape index (κ2) is 5.74. The summed E-state index contributed by atoms with van der Waals surface area (Å²) in [6.07, 6.45) is 0. The first-order chi connectivity index (χ1) is 9.49. The minimum atomic E-state index is -0.486. The van der Waals surface area contributed by atoms with Gasteiger partial charge in [0.05, 0.1) is 0 Å². The molecule has 20 heavy (non-hydrogen) atoms. The summed E-state index contributed by atoms with van der Waals surface area (Å²) in [7, 11) is 0. The van der Waals surface area contributed by atoms with E-state index in [1.54, 1.807) is 6.07 Å². The summed E-state index contributed by atoms with van der Waals surface area (Å²) in [5.74, 6) is -0.659. The lowest BCUT2D eigenvalue weighted by molar-refractivity contribution is 0.365. The fourth-order valence-corrected chi connectivity index (χ4v) is 1.96. The van der Waals surface area contributed by atoms with Crippen LogP contribution in [-0.4, -0.2) is 15.3 Å². The lowest BCUT2D eigenvalue weighted by atomic mass is 10.0.